The van der Waals surface area contributed by atoms with E-state index < -0.39 is 0 Å². The minimum atomic E-state index is -0.221. The second-order valence-corrected chi connectivity index (χ2v) is 13.0. The molecular weight excluding hydrogens is 652 g/mol. The summed E-state index contributed by atoms with van der Waals surface area (Å²) in [5.74, 6) is 2.64. The number of thiazole rings is 1. The van der Waals surface area contributed by atoms with E-state index in [1.807, 2.05) is 59.2 Å². The lowest BCUT2D eigenvalue weighted by Gasteiger charge is -2.30. The fraction of sp³-hybridized carbons (Fsp3) is 0.167. The first kappa shape index (κ1) is 27.9. The van der Waals surface area contributed by atoms with Gasteiger partial charge >= 0.3 is 0 Å². The van der Waals surface area contributed by atoms with Crippen LogP contribution in [-0.4, -0.2) is 18.5 Å². The van der Waals surface area contributed by atoms with Gasteiger partial charge in [-0.25, -0.2) is 4.99 Å². The van der Waals surface area contributed by atoms with Crippen molar-refractivity contribution in [1.82, 2.24) is 4.57 Å². The summed E-state index contributed by atoms with van der Waals surface area (Å²) < 4.78 is 26.1. The third-order valence-corrected chi connectivity index (χ3v) is 9.89. The summed E-state index contributed by atoms with van der Waals surface area (Å²) in [4.78, 5) is 19.9. The Morgan fingerprint density at radius 1 is 0.978 bits per heavy atom. The minimum absolute atomic E-state index is 0.0563. The molecule has 5 aromatic rings. The Morgan fingerprint density at radius 2 is 1.82 bits per heavy atom. The quantitative estimate of drug-likeness (QED) is 0.208. The smallest absolute Gasteiger partial charge is 0.271 e. The minimum Gasteiger partial charge on any atom is -0.493 e. The average Bonchev–Trinajstić information content (AvgIpc) is 3.67. The van der Waals surface area contributed by atoms with Crippen LogP contribution < -0.4 is 33.8 Å². The lowest BCUT2D eigenvalue weighted by Crippen LogP contribution is -2.38. The monoisotopic (exact) mass is 678 g/mol. The Labute approximate surface area is 271 Å². The summed E-state index contributed by atoms with van der Waals surface area (Å²) in [6.45, 7) is 0.572. The fourth-order valence-electron chi connectivity index (χ4n) is 6.20. The molecule has 0 unspecified atom stereocenters. The normalized spacial score (nSPS) is 16.5. The molecule has 3 heterocycles. The lowest BCUT2D eigenvalue weighted by atomic mass is 9.83. The number of fused-ring (bicyclic) bond motifs is 4. The molecule has 0 saturated heterocycles. The summed E-state index contributed by atoms with van der Waals surface area (Å²) in [6.07, 6.45) is 3.68. The lowest BCUT2D eigenvalue weighted by molar-refractivity contribution is 0.174. The van der Waals surface area contributed by atoms with Crippen LogP contribution >= 0.6 is 27.3 Å². The van der Waals surface area contributed by atoms with Crippen molar-refractivity contribution >= 4 is 39.0 Å². The number of hydrogen-bond donors (Lipinski definition) is 0. The van der Waals surface area contributed by atoms with Gasteiger partial charge in [0.2, 0.25) is 6.79 Å². The number of allylic oxidation sites excluding steroid dienone is 1. The van der Waals surface area contributed by atoms with Crippen molar-refractivity contribution in [2.45, 2.75) is 25.5 Å². The van der Waals surface area contributed by atoms with E-state index in [-0.39, 0.29) is 18.4 Å². The number of benzene rings is 4. The number of rotatable bonds is 6. The molecule has 2 aliphatic heterocycles. The zero-order valence-corrected chi connectivity index (χ0v) is 26.7. The first-order chi connectivity index (χ1) is 22.1. The summed E-state index contributed by atoms with van der Waals surface area (Å²) >= 11 is 4.98. The van der Waals surface area contributed by atoms with Crippen LogP contribution in [0.4, 0.5) is 0 Å². The third kappa shape index (κ3) is 5.06. The summed E-state index contributed by atoms with van der Waals surface area (Å²) in [5, 5.41) is 0. The number of methoxy groups -OCH3 is 1. The number of halogens is 1. The van der Waals surface area contributed by atoms with Gasteiger partial charge in [-0.2, -0.15) is 0 Å². The molecule has 0 bridgehead atoms. The molecule has 1 atom stereocenters. The van der Waals surface area contributed by atoms with Crippen LogP contribution in [0.1, 0.15) is 40.3 Å². The van der Waals surface area contributed by atoms with Crippen molar-refractivity contribution in [2.24, 2.45) is 4.99 Å². The van der Waals surface area contributed by atoms with Crippen molar-refractivity contribution in [2.75, 3.05) is 13.9 Å². The van der Waals surface area contributed by atoms with E-state index in [1.54, 1.807) is 7.11 Å². The maximum Gasteiger partial charge on any atom is 0.271 e. The van der Waals surface area contributed by atoms with Crippen molar-refractivity contribution < 1.29 is 18.9 Å². The Bertz CT molecular complexity index is 2180. The molecule has 0 radical (unpaired) electrons. The second-order valence-electron chi connectivity index (χ2n) is 11.1. The highest BCUT2D eigenvalue weighted by Gasteiger charge is 2.32. The molecule has 0 saturated carbocycles. The average molecular weight is 680 g/mol. The number of aromatic nitrogens is 1. The molecule has 0 amide bonds. The van der Waals surface area contributed by atoms with Gasteiger partial charge in [0.25, 0.3) is 5.56 Å². The molecule has 45 heavy (non-hydrogen) atoms. The Balaban J connectivity index is 1.17. The molecule has 1 aromatic heterocycles. The van der Waals surface area contributed by atoms with Gasteiger partial charge in [0.15, 0.2) is 27.8 Å². The molecule has 0 N–H and O–H groups in total. The number of ether oxygens (including phenoxy) is 4. The SMILES string of the molecule is COc1cc(/C=c2/sc3n(c2=O)[C@H](c2ccc(Br)cc2)C2=C(N=3)c3ccccc3CC2)ccc1OCc1ccc2c(c1)OCO2. The van der Waals surface area contributed by atoms with E-state index in [4.69, 9.17) is 23.9 Å². The standard InChI is InChI=1S/C36H27BrN2O5S/c1-41-30-16-21(6-14-28(30)42-19-22-7-15-29-31(17-22)44-20-43-29)18-32-35(40)39-34(24-8-11-25(37)12-9-24)27-13-10-23-4-2-3-5-26(23)33(27)38-36(39)45-32/h2-9,11-12,14-18,34H,10,13,19-20H2,1H3/b32-18+/t34-/m1/s1. The third-order valence-electron chi connectivity index (χ3n) is 8.38. The Hall–Kier alpha value is -4.60. The van der Waals surface area contributed by atoms with E-state index in [9.17, 15) is 4.79 Å². The first-order valence-corrected chi connectivity index (χ1v) is 16.2. The largest absolute Gasteiger partial charge is 0.493 e. The number of hydrogen-bond acceptors (Lipinski definition) is 7. The molecule has 8 rings (SSSR count). The van der Waals surface area contributed by atoms with Crippen LogP contribution in [-0.2, 0) is 13.0 Å². The number of nitrogens with zero attached hydrogens (tertiary/aromatic N) is 2. The van der Waals surface area contributed by atoms with E-state index in [0.29, 0.717) is 33.2 Å². The van der Waals surface area contributed by atoms with Gasteiger partial charge in [-0.3, -0.25) is 9.36 Å². The van der Waals surface area contributed by atoms with Gasteiger partial charge in [0.05, 0.1) is 23.4 Å². The van der Waals surface area contributed by atoms with Crippen LogP contribution in [0.3, 0.4) is 0 Å². The predicted molar refractivity (Wildman–Crippen MR) is 177 cm³/mol. The molecule has 0 spiro atoms. The number of aryl methyl sites for hydroxylation is 1. The van der Waals surface area contributed by atoms with Crippen molar-refractivity contribution in [3.8, 4) is 23.0 Å². The van der Waals surface area contributed by atoms with Crippen molar-refractivity contribution in [3.63, 3.8) is 0 Å². The molecule has 0 fully saturated rings. The van der Waals surface area contributed by atoms with Gasteiger partial charge in [-0.1, -0.05) is 75.8 Å². The highest BCUT2D eigenvalue weighted by Crippen LogP contribution is 2.41. The summed E-state index contributed by atoms with van der Waals surface area (Å²) in [6, 6.07) is 27.9. The topological polar surface area (TPSA) is 71.3 Å². The molecule has 1 aliphatic carbocycles. The highest BCUT2D eigenvalue weighted by atomic mass is 79.9. The van der Waals surface area contributed by atoms with Crippen molar-refractivity contribution in [3.05, 3.63) is 142 Å². The molecule has 224 valence electrons. The van der Waals surface area contributed by atoms with Crippen LogP contribution in [0, 0.1) is 0 Å². The zero-order valence-electron chi connectivity index (χ0n) is 24.3. The van der Waals surface area contributed by atoms with Crippen LogP contribution in [0.5, 0.6) is 23.0 Å². The maximum absolute atomic E-state index is 14.1. The summed E-state index contributed by atoms with van der Waals surface area (Å²) in [7, 11) is 1.61. The van der Waals surface area contributed by atoms with Gasteiger partial charge < -0.3 is 18.9 Å². The molecule has 4 aromatic carbocycles. The van der Waals surface area contributed by atoms with Gasteiger partial charge in [-0.05, 0) is 83.1 Å². The second kappa shape index (κ2) is 11.4. The first-order valence-electron chi connectivity index (χ1n) is 14.6. The van der Waals surface area contributed by atoms with Crippen molar-refractivity contribution in [1.29, 1.82) is 0 Å². The zero-order chi connectivity index (χ0) is 30.5. The molecule has 7 nitrogen and oxygen atoms in total. The Kier molecular flexibility index (Phi) is 7.07. The highest BCUT2D eigenvalue weighted by molar-refractivity contribution is 9.10. The van der Waals surface area contributed by atoms with Crippen LogP contribution in [0.15, 0.2) is 105 Å². The van der Waals surface area contributed by atoms with Gasteiger partial charge in [0.1, 0.15) is 6.61 Å². The molecule has 9 heteroatoms. The van der Waals surface area contributed by atoms with E-state index in [0.717, 1.165) is 51.0 Å². The van der Waals surface area contributed by atoms with E-state index >= 15 is 0 Å². The summed E-state index contributed by atoms with van der Waals surface area (Å²) in [5.41, 5.74) is 7.42. The van der Waals surface area contributed by atoms with Gasteiger partial charge in [-0.15, -0.1) is 0 Å². The van der Waals surface area contributed by atoms with Crippen LogP contribution in [0.25, 0.3) is 11.8 Å². The molecular formula is C36H27BrN2O5S. The van der Waals surface area contributed by atoms with E-state index in [1.165, 1.54) is 22.5 Å². The fourth-order valence-corrected chi connectivity index (χ4v) is 7.47. The van der Waals surface area contributed by atoms with Gasteiger partial charge in [0, 0.05) is 10.0 Å². The van der Waals surface area contributed by atoms with E-state index in [2.05, 4.69) is 52.3 Å². The Morgan fingerprint density at radius 3 is 2.69 bits per heavy atom. The molecule has 3 aliphatic rings. The predicted octanol–water partition coefficient (Wildman–Crippen LogP) is 6.40. The van der Waals surface area contributed by atoms with Crippen LogP contribution in [0.2, 0.25) is 0 Å². The maximum atomic E-state index is 14.1.